The molecule has 3 aromatic rings. The van der Waals surface area contributed by atoms with Gasteiger partial charge in [0.05, 0.1) is 21.0 Å². The summed E-state index contributed by atoms with van der Waals surface area (Å²) in [5, 5.41) is 16.0. The predicted molar refractivity (Wildman–Crippen MR) is 111 cm³/mol. The Morgan fingerprint density at radius 3 is 2.57 bits per heavy atom. The van der Waals surface area contributed by atoms with Gasteiger partial charge in [0.1, 0.15) is 0 Å². The molecule has 6 heteroatoms. The van der Waals surface area contributed by atoms with E-state index in [9.17, 15) is 10.1 Å². The van der Waals surface area contributed by atoms with Crippen LogP contribution in [-0.2, 0) is 6.42 Å². The zero-order valence-electron chi connectivity index (χ0n) is 14.7. The van der Waals surface area contributed by atoms with E-state index in [-0.39, 0.29) is 28.5 Å². The minimum atomic E-state index is -0.332. The molecule has 0 radical (unpaired) electrons. The summed E-state index contributed by atoms with van der Waals surface area (Å²) in [6.07, 6.45) is 0.904. The van der Waals surface area contributed by atoms with Crippen LogP contribution in [-0.4, -0.2) is 4.92 Å². The third-order valence-electron chi connectivity index (χ3n) is 5.90. The van der Waals surface area contributed by atoms with Gasteiger partial charge in [0.2, 0.25) is 0 Å². The lowest BCUT2D eigenvalue weighted by molar-refractivity contribution is -0.384. The summed E-state index contributed by atoms with van der Waals surface area (Å²) in [6.45, 7) is 0. The van der Waals surface area contributed by atoms with Gasteiger partial charge >= 0.3 is 0 Å². The van der Waals surface area contributed by atoms with Gasteiger partial charge < -0.3 is 5.32 Å². The number of hydrogen-bond donors (Lipinski definition) is 1. The van der Waals surface area contributed by atoms with Crippen molar-refractivity contribution in [2.24, 2.45) is 5.92 Å². The number of nitrogens with one attached hydrogen (secondary N) is 1. The normalized spacial score (nSPS) is 22.0. The lowest BCUT2D eigenvalue weighted by Gasteiger charge is -2.38. The zero-order valence-corrected chi connectivity index (χ0v) is 16.2. The first-order chi connectivity index (χ1) is 13.5. The highest BCUT2D eigenvalue weighted by Gasteiger charge is 2.43. The van der Waals surface area contributed by atoms with Crippen LogP contribution in [0.2, 0.25) is 10.0 Å². The first-order valence-corrected chi connectivity index (χ1v) is 9.86. The van der Waals surface area contributed by atoms with Crippen molar-refractivity contribution in [2.75, 3.05) is 5.32 Å². The van der Waals surface area contributed by atoms with Gasteiger partial charge in [-0.2, -0.15) is 0 Å². The van der Waals surface area contributed by atoms with E-state index in [1.807, 2.05) is 36.4 Å². The van der Waals surface area contributed by atoms with Crippen molar-refractivity contribution in [1.82, 2.24) is 0 Å². The number of halogens is 2. The fourth-order valence-corrected chi connectivity index (χ4v) is 5.00. The van der Waals surface area contributed by atoms with Crippen LogP contribution < -0.4 is 5.32 Å². The number of anilines is 1. The molecule has 1 aliphatic carbocycles. The maximum Gasteiger partial charge on any atom is 0.269 e. The summed E-state index contributed by atoms with van der Waals surface area (Å²) in [6, 6.07) is 19.2. The van der Waals surface area contributed by atoms with Crippen LogP contribution in [0.5, 0.6) is 0 Å². The smallest absolute Gasteiger partial charge is 0.269 e. The quantitative estimate of drug-likeness (QED) is 0.394. The van der Waals surface area contributed by atoms with Gasteiger partial charge in [-0.05, 0) is 52.8 Å². The van der Waals surface area contributed by atoms with Crippen LogP contribution in [0.1, 0.15) is 34.2 Å². The maximum absolute atomic E-state index is 11.3. The van der Waals surface area contributed by atoms with E-state index >= 15 is 0 Å². The molecule has 140 valence electrons. The molecule has 3 atom stereocenters. The number of nitro groups is 1. The Labute approximate surface area is 172 Å². The second-order valence-corrected chi connectivity index (χ2v) is 8.18. The highest BCUT2D eigenvalue weighted by molar-refractivity contribution is 6.42. The molecule has 4 nitrogen and oxygen atoms in total. The third kappa shape index (κ3) is 2.67. The fraction of sp³-hybridized carbons (Fsp3) is 0.182. The molecule has 0 fully saturated rings. The van der Waals surface area contributed by atoms with Gasteiger partial charge in [0, 0.05) is 23.7 Å². The van der Waals surface area contributed by atoms with Crippen molar-refractivity contribution in [1.29, 1.82) is 0 Å². The minimum Gasteiger partial charge on any atom is -0.378 e. The number of hydrogen-bond acceptors (Lipinski definition) is 3. The Morgan fingerprint density at radius 2 is 1.79 bits per heavy atom. The van der Waals surface area contributed by atoms with E-state index < -0.39 is 0 Å². The first kappa shape index (κ1) is 17.5. The average Bonchev–Trinajstić information content (AvgIpc) is 3.09. The SMILES string of the molecule is O=[N+]([O-])c1ccc2c(c1)[C@@H]1c3ccccc3C[C@@H]1[C@H](c1ccc(Cl)c(Cl)c1)N2. The second kappa shape index (κ2) is 6.50. The highest BCUT2D eigenvalue weighted by atomic mass is 35.5. The van der Waals surface area contributed by atoms with E-state index in [1.165, 1.54) is 11.1 Å². The molecule has 0 saturated carbocycles. The molecule has 0 aromatic heterocycles. The third-order valence-corrected chi connectivity index (χ3v) is 6.64. The van der Waals surface area contributed by atoms with Crippen LogP contribution in [0, 0.1) is 16.0 Å². The zero-order chi connectivity index (χ0) is 19.4. The highest BCUT2D eigenvalue weighted by Crippen LogP contribution is 2.54. The summed E-state index contributed by atoms with van der Waals surface area (Å²) in [4.78, 5) is 11.0. The summed E-state index contributed by atoms with van der Waals surface area (Å²) >= 11 is 12.4. The number of fused-ring (bicyclic) bond motifs is 5. The summed E-state index contributed by atoms with van der Waals surface area (Å²) in [5.41, 5.74) is 5.66. The van der Waals surface area contributed by atoms with Crippen molar-refractivity contribution >= 4 is 34.6 Å². The topological polar surface area (TPSA) is 55.2 Å². The van der Waals surface area contributed by atoms with E-state index in [2.05, 4.69) is 17.4 Å². The summed E-state index contributed by atoms with van der Waals surface area (Å²) < 4.78 is 0. The standard InChI is InChI=1S/C22H16Cl2N2O2/c23-18-7-5-13(10-19(18)24)22-17-9-12-3-1-2-4-15(12)21(17)16-11-14(26(27)28)6-8-20(16)25-22/h1-8,10-11,17,21-22,25H,9H2/t17-,21-,22-/m0/s1. The predicted octanol–water partition coefficient (Wildman–Crippen LogP) is 6.37. The molecule has 5 rings (SSSR count). The van der Waals surface area contributed by atoms with Crippen LogP contribution in [0.3, 0.4) is 0 Å². The van der Waals surface area contributed by atoms with Gasteiger partial charge in [0.25, 0.3) is 5.69 Å². The molecule has 0 saturated heterocycles. The number of non-ortho nitro benzene ring substituents is 1. The van der Waals surface area contributed by atoms with Crippen LogP contribution in [0.25, 0.3) is 0 Å². The monoisotopic (exact) mass is 410 g/mol. The Morgan fingerprint density at radius 1 is 0.964 bits per heavy atom. The van der Waals surface area contributed by atoms with E-state index in [4.69, 9.17) is 23.2 Å². The molecule has 3 aromatic carbocycles. The number of nitrogens with zero attached hydrogens (tertiary/aromatic N) is 1. The molecule has 28 heavy (non-hydrogen) atoms. The molecule has 0 amide bonds. The Bertz CT molecular complexity index is 1120. The van der Waals surface area contributed by atoms with Crippen molar-refractivity contribution in [3.63, 3.8) is 0 Å². The fourth-order valence-electron chi connectivity index (χ4n) is 4.70. The molecule has 1 heterocycles. The molecule has 1 N–H and O–H groups in total. The van der Waals surface area contributed by atoms with Gasteiger partial charge in [-0.25, -0.2) is 0 Å². The van der Waals surface area contributed by atoms with E-state index in [1.54, 1.807) is 12.1 Å². The first-order valence-electron chi connectivity index (χ1n) is 9.10. The summed E-state index contributed by atoms with van der Waals surface area (Å²) in [5.74, 6) is 0.343. The minimum absolute atomic E-state index is 0.0427. The Balaban J connectivity index is 1.68. The van der Waals surface area contributed by atoms with Crippen LogP contribution >= 0.6 is 23.2 Å². The van der Waals surface area contributed by atoms with Gasteiger partial charge in [-0.15, -0.1) is 0 Å². The molecule has 1 aliphatic heterocycles. The molecule has 2 aliphatic rings. The lowest BCUT2D eigenvalue weighted by Crippen LogP contribution is -2.30. The molecule has 0 bridgehead atoms. The lowest BCUT2D eigenvalue weighted by atomic mass is 9.75. The van der Waals surface area contributed by atoms with Crippen LogP contribution in [0.4, 0.5) is 11.4 Å². The van der Waals surface area contributed by atoms with Gasteiger partial charge in [0.15, 0.2) is 0 Å². The molecular formula is C22H16Cl2N2O2. The Kier molecular flexibility index (Phi) is 4.07. The van der Waals surface area contributed by atoms with Crippen molar-refractivity contribution in [2.45, 2.75) is 18.4 Å². The number of rotatable bonds is 2. The largest absolute Gasteiger partial charge is 0.378 e. The maximum atomic E-state index is 11.3. The Hall–Kier alpha value is -2.56. The van der Waals surface area contributed by atoms with E-state index in [0.717, 1.165) is 23.2 Å². The van der Waals surface area contributed by atoms with Crippen molar-refractivity contribution in [3.05, 3.63) is 103 Å². The molecule has 0 unspecified atom stereocenters. The van der Waals surface area contributed by atoms with Gasteiger partial charge in [-0.1, -0.05) is 53.5 Å². The summed E-state index contributed by atoms with van der Waals surface area (Å²) in [7, 11) is 0. The van der Waals surface area contributed by atoms with Crippen LogP contribution in [0.15, 0.2) is 60.7 Å². The van der Waals surface area contributed by atoms with Gasteiger partial charge in [-0.3, -0.25) is 10.1 Å². The molecule has 0 spiro atoms. The average molecular weight is 411 g/mol. The van der Waals surface area contributed by atoms with Crippen molar-refractivity contribution < 1.29 is 4.92 Å². The molecular weight excluding hydrogens is 395 g/mol. The number of benzene rings is 3. The van der Waals surface area contributed by atoms with E-state index in [0.29, 0.717) is 10.0 Å². The van der Waals surface area contributed by atoms with Crippen molar-refractivity contribution in [3.8, 4) is 0 Å². The second-order valence-electron chi connectivity index (χ2n) is 7.37. The number of nitro benzene ring substituents is 1.